The Morgan fingerprint density at radius 2 is 0.788 bits per heavy atom. The van der Waals surface area contributed by atoms with Crippen molar-refractivity contribution in [2.24, 2.45) is 0 Å². The van der Waals surface area contributed by atoms with Crippen LogP contribution in [0.1, 0.15) is 60.8 Å². The van der Waals surface area contributed by atoms with E-state index in [4.69, 9.17) is 9.47 Å². The summed E-state index contributed by atoms with van der Waals surface area (Å²) >= 11 is 0. The summed E-state index contributed by atoms with van der Waals surface area (Å²) in [5, 5.41) is 0. The number of carbonyl (C=O) groups excluding carboxylic acids is 4. The molecule has 0 saturated carbocycles. The Hall–Kier alpha value is -6.54. The average Bonchev–Trinajstić information content (AvgIpc) is 3.68. The van der Waals surface area contributed by atoms with Gasteiger partial charge in [-0.2, -0.15) is 0 Å². The minimum atomic E-state index is -0.371. The molecule has 0 aliphatic carbocycles. The van der Waals surface area contributed by atoms with Crippen LogP contribution in [0.15, 0.2) is 146 Å². The van der Waals surface area contributed by atoms with Crippen molar-refractivity contribution >= 4 is 35.0 Å². The molecule has 2 unspecified atom stereocenters. The molecule has 5 aromatic carbocycles. The highest BCUT2D eigenvalue weighted by Crippen LogP contribution is 2.36. The van der Waals surface area contributed by atoms with Gasteiger partial charge in [0, 0.05) is 48.3 Å². The first-order valence-electron chi connectivity index (χ1n) is 17.3. The van der Waals surface area contributed by atoms with Gasteiger partial charge in [0.2, 0.25) is 0 Å². The normalized spacial score (nSPS) is 15.0. The number of rotatable bonds is 12. The van der Waals surface area contributed by atoms with Gasteiger partial charge in [-0.05, 0) is 83.6 Å². The number of imide groups is 2. The largest absolute Gasteiger partial charge is 0.457 e. The van der Waals surface area contributed by atoms with Crippen LogP contribution in [0.3, 0.4) is 0 Å². The maximum absolute atomic E-state index is 12.1. The van der Waals surface area contributed by atoms with E-state index in [1.165, 1.54) is 46.6 Å². The number of hydrogen-bond donors (Lipinski definition) is 0. The molecular formula is C44H36N2O6. The Bertz CT molecular complexity index is 2030. The van der Waals surface area contributed by atoms with Gasteiger partial charge in [-0.25, -0.2) is 9.80 Å². The number of hydrogen-bond acceptors (Lipinski definition) is 6. The molecule has 2 heterocycles. The molecule has 0 N–H and O–H groups in total. The van der Waals surface area contributed by atoms with E-state index in [1.807, 2.05) is 24.3 Å². The molecule has 2 atom stereocenters. The standard InChI is InChI=1S/C44H36N2O6/c1-3-39(29-14-18-35(19-15-29)51-37-12-6-10-33(27-37)45-41(47)22-23-42(45)48)31-8-5-9-32(26-31)40(4-2)30-16-20-36(21-17-30)52-38-13-7-11-34(28-38)46-43(49)24-25-44(46)50/h5-28,39-40H,3-4H2,1-2H3. The van der Waals surface area contributed by atoms with Crippen LogP contribution >= 0.6 is 0 Å². The van der Waals surface area contributed by atoms with Crippen LogP contribution in [0.2, 0.25) is 0 Å². The average molecular weight is 689 g/mol. The Morgan fingerprint density at radius 1 is 0.423 bits per heavy atom. The lowest BCUT2D eigenvalue weighted by Gasteiger charge is -2.21. The smallest absolute Gasteiger partial charge is 0.258 e. The third-order valence-corrected chi connectivity index (χ3v) is 9.34. The molecule has 8 heteroatoms. The summed E-state index contributed by atoms with van der Waals surface area (Å²) in [6.45, 7) is 4.37. The molecular weight excluding hydrogens is 652 g/mol. The molecule has 0 saturated heterocycles. The number of ether oxygens (including phenoxy) is 2. The molecule has 2 aliphatic rings. The fraction of sp³-hybridized carbons (Fsp3) is 0.136. The number of anilines is 2. The van der Waals surface area contributed by atoms with E-state index in [2.05, 4.69) is 62.4 Å². The maximum Gasteiger partial charge on any atom is 0.258 e. The second-order valence-electron chi connectivity index (χ2n) is 12.6. The highest BCUT2D eigenvalue weighted by Gasteiger charge is 2.26. The van der Waals surface area contributed by atoms with Crippen molar-refractivity contribution < 1.29 is 28.7 Å². The van der Waals surface area contributed by atoms with E-state index in [0.717, 1.165) is 22.6 Å². The van der Waals surface area contributed by atoms with Crippen LogP contribution in [-0.2, 0) is 19.2 Å². The molecule has 0 fully saturated rings. The van der Waals surface area contributed by atoms with Gasteiger partial charge in [-0.3, -0.25) is 19.2 Å². The Kier molecular flexibility index (Phi) is 9.62. The lowest BCUT2D eigenvalue weighted by atomic mass is 9.84. The third-order valence-electron chi connectivity index (χ3n) is 9.34. The summed E-state index contributed by atoms with van der Waals surface area (Å²) in [6, 6.07) is 38.8. The van der Waals surface area contributed by atoms with Gasteiger partial charge in [-0.15, -0.1) is 0 Å². The SMILES string of the molecule is CCC(c1ccc(Oc2cccc(N3C(=O)C=CC3=O)c2)cc1)c1cccc(C(CC)c2ccc(Oc3cccc(N4C(=O)C=CC4=O)c3)cc2)c1. The number of benzene rings is 5. The predicted molar refractivity (Wildman–Crippen MR) is 200 cm³/mol. The van der Waals surface area contributed by atoms with Crippen molar-refractivity contribution in [3.63, 3.8) is 0 Å². The Morgan fingerprint density at radius 3 is 1.15 bits per heavy atom. The molecule has 7 rings (SSSR count). The van der Waals surface area contributed by atoms with Gasteiger partial charge in [0.1, 0.15) is 23.0 Å². The maximum atomic E-state index is 12.1. The summed E-state index contributed by atoms with van der Waals surface area (Å²) in [7, 11) is 0. The fourth-order valence-electron chi connectivity index (χ4n) is 6.81. The van der Waals surface area contributed by atoms with Crippen molar-refractivity contribution in [1.29, 1.82) is 0 Å². The second-order valence-corrected chi connectivity index (χ2v) is 12.6. The summed E-state index contributed by atoms with van der Waals surface area (Å²) in [6.07, 6.45) is 6.88. The van der Waals surface area contributed by atoms with E-state index in [9.17, 15) is 19.2 Å². The molecule has 52 heavy (non-hydrogen) atoms. The topological polar surface area (TPSA) is 93.2 Å². The summed E-state index contributed by atoms with van der Waals surface area (Å²) in [4.78, 5) is 50.8. The molecule has 0 spiro atoms. The van der Waals surface area contributed by atoms with E-state index in [1.54, 1.807) is 48.5 Å². The van der Waals surface area contributed by atoms with E-state index < -0.39 is 0 Å². The predicted octanol–water partition coefficient (Wildman–Crippen LogP) is 9.21. The van der Waals surface area contributed by atoms with Crippen LogP contribution in [-0.4, -0.2) is 23.6 Å². The zero-order chi connectivity index (χ0) is 36.2. The van der Waals surface area contributed by atoms with Gasteiger partial charge in [-0.1, -0.05) is 74.5 Å². The van der Waals surface area contributed by atoms with Crippen molar-refractivity contribution in [1.82, 2.24) is 0 Å². The second kappa shape index (κ2) is 14.7. The van der Waals surface area contributed by atoms with E-state index >= 15 is 0 Å². The number of amides is 4. The summed E-state index contributed by atoms with van der Waals surface area (Å²) in [5.74, 6) is 1.25. The van der Waals surface area contributed by atoms with Crippen LogP contribution in [0.4, 0.5) is 11.4 Å². The van der Waals surface area contributed by atoms with E-state index in [-0.39, 0.29) is 35.5 Å². The molecule has 2 aliphatic heterocycles. The Balaban J connectivity index is 1.03. The summed E-state index contributed by atoms with van der Waals surface area (Å²) < 4.78 is 12.2. The number of nitrogens with zero attached hydrogens (tertiary/aromatic N) is 2. The first kappa shape index (κ1) is 33.9. The fourth-order valence-corrected chi connectivity index (χ4v) is 6.81. The van der Waals surface area contributed by atoms with Crippen molar-refractivity contribution in [2.75, 3.05) is 9.80 Å². The van der Waals surface area contributed by atoms with Gasteiger partial charge < -0.3 is 9.47 Å². The molecule has 0 aromatic heterocycles. The van der Waals surface area contributed by atoms with Gasteiger partial charge in [0.25, 0.3) is 23.6 Å². The van der Waals surface area contributed by atoms with Crippen LogP contribution in [0, 0.1) is 0 Å². The molecule has 8 nitrogen and oxygen atoms in total. The monoisotopic (exact) mass is 688 g/mol. The number of carbonyl (C=O) groups is 4. The van der Waals surface area contributed by atoms with Crippen molar-refractivity contribution in [3.05, 3.63) is 168 Å². The minimum absolute atomic E-state index is 0.183. The molecule has 4 amide bonds. The zero-order valence-electron chi connectivity index (χ0n) is 28.8. The van der Waals surface area contributed by atoms with Gasteiger partial charge >= 0.3 is 0 Å². The van der Waals surface area contributed by atoms with Crippen molar-refractivity contribution in [2.45, 2.75) is 38.5 Å². The molecule has 5 aromatic rings. The highest BCUT2D eigenvalue weighted by atomic mass is 16.5. The van der Waals surface area contributed by atoms with Crippen LogP contribution < -0.4 is 19.3 Å². The third kappa shape index (κ3) is 7.04. The lowest BCUT2D eigenvalue weighted by Crippen LogP contribution is -2.29. The summed E-state index contributed by atoms with van der Waals surface area (Å²) in [5.41, 5.74) is 5.75. The van der Waals surface area contributed by atoms with Gasteiger partial charge in [0.15, 0.2) is 0 Å². The van der Waals surface area contributed by atoms with Gasteiger partial charge in [0.05, 0.1) is 11.4 Å². The first-order chi connectivity index (χ1) is 25.3. The zero-order valence-corrected chi connectivity index (χ0v) is 28.8. The van der Waals surface area contributed by atoms with Crippen molar-refractivity contribution in [3.8, 4) is 23.0 Å². The molecule has 0 radical (unpaired) electrons. The quantitative estimate of drug-likeness (QED) is 0.121. The molecule has 258 valence electrons. The Labute approximate surface area is 302 Å². The lowest BCUT2D eigenvalue weighted by molar-refractivity contribution is -0.121. The van der Waals surface area contributed by atoms with Crippen LogP contribution in [0.5, 0.6) is 23.0 Å². The van der Waals surface area contributed by atoms with Crippen LogP contribution in [0.25, 0.3) is 0 Å². The first-order valence-corrected chi connectivity index (χ1v) is 17.3. The highest BCUT2D eigenvalue weighted by molar-refractivity contribution is 6.28. The molecule has 0 bridgehead atoms. The van der Waals surface area contributed by atoms with E-state index in [0.29, 0.717) is 34.4 Å². The minimum Gasteiger partial charge on any atom is -0.457 e.